The zero-order chi connectivity index (χ0) is 17.3. The second-order valence-electron chi connectivity index (χ2n) is 5.54. The first kappa shape index (κ1) is 19.2. The standard InChI is InChI=1S/C21H18N4.ClH/c22-16-25-21(19-12-7-13-23-14-19)24-15-20(17-8-3-1-4-9-17)18-10-5-2-6-11-18;/h1-14,20H,15H2,(H,24,25);1H. The lowest BCUT2D eigenvalue weighted by molar-refractivity contribution is 0.817. The summed E-state index contributed by atoms with van der Waals surface area (Å²) in [6.45, 7) is 0.535. The van der Waals surface area contributed by atoms with Gasteiger partial charge in [-0.3, -0.25) is 15.3 Å². The van der Waals surface area contributed by atoms with Crippen molar-refractivity contribution in [2.45, 2.75) is 5.92 Å². The van der Waals surface area contributed by atoms with Gasteiger partial charge in [0.25, 0.3) is 0 Å². The molecule has 3 aromatic rings. The third-order valence-electron chi connectivity index (χ3n) is 3.95. The lowest BCUT2D eigenvalue weighted by atomic mass is 9.91. The van der Waals surface area contributed by atoms with Crippen LogP contribution in [0.2, 0.25) is 0 Å². The Hall–Kier alpha value is -3.16. The van der Waals surface area contributed by atoms with Crippen molar-refractivity contribution in [3.05, 3.63) is 102 Å². The Kier molecular flexibility index (Phi) is 7.35. The van der Waals surface area contributed by atoms with Crippen molar-refractivity contribution in [2.24, 2.45) is 4.99 Å². The molecule has 0 atom stereocenters. The van der Waals surface area contributed by atoms with Gasteiger partial charge in [0.05, 0.1) is 6.54 Å². The van der Waals surface area contributed by atoms with Crippen LogP contribution in [0.4, 0.5) is 0 Å². The number of aliphatic imine (C=N–C) groups is 1. The third-order valence-corrected chi connectivity index (χ3v) is 3.95. The van der Waals surface area contributed by atoms with Crippen molar-refractivity contribution in [3.8, 4) is 6.19 Å². The van der Waals surface area contributed by atoms with Crippen LogP contribution in [0.5, 0.6) is 0 Å². The van der Waals surface area contributed by atoms with Crippen LogP contribution in [0.1, 0.15) is 22.6 Å². The van der Waals surface area contributed by atoms with Crippen molar-refractivity contribution in [1.29, 1.82) is 5.26 Å². The number of hydrogen-bond acceptors (Lipinski definition) is 3. The molecule has 0 radical (unpaired) electrons. The monoisotopic (exact) mass is 362 g/mol. The predicted molar refractivity (Wildman–Crippen MR) is 106 cm³/mol. The first-order valence-corrected chi connectivity index (χ1v) is 8.08. The van der Waals surface area contributed by atoms with Crippen molar-refractivity contribution in [1.82, 2.24) is 10.3 Å². The van der Waals surface area contributed by atoms with E-state index in [2.05, 4.69) is 39.6 Å². The summed E-state index contributed by atoms with van der Waals surface area (Å²) in [4.78, 5) is 8.78. The molecule has 5 heteroatoms. The summed E-state index contributed by atoms with van der Waals surface area (Å²) in [6, 6.07) is 24.3. The smallest absolute Gasteiger partial charge is 0.182 e. The number of hydrogen-bond donors (Lipinski definition) is 1. The van der Waals surface area contributed by atoms with E-state index in [1.54, 1.807) is 12.4 Å². The first-order valence-electron chi connectivity index (χ1n) is 8.08. The average molecular weight is 363 g/mol. The summed E-state index contributed by atoms with van der Waals surface area (Å²) >= 11 is 0. The van der Waals surface area contributed by atoms with Crippen molar-refractivity contribution in [3.63, 3.8) is 0 Å². The highest BCUT2D eigenvalue weighted by atomic mass is 35.5. The molecule has 1 heterocycles. The molecule has 0 aliphatic carbocycles. The number of amidine groups is 1. The van der Waals surface area contributed by atoms with Gasteiger partial charge >= 0.3 is 0 Å². The Morgan fingerprint density at radius 3 is 2.08 bits per heavy atom. The number of benzene rings is 2. The fourth-order valence-corrected chi connectivity index (χ4v) is 2.72. The van der Waals surface area contributed by atoms with Crippen molar-refractivity contribution >= 4 is 18.2 Å². The fourth-order valence-electron chi connectivity index (χ4n) is 2.72. The fraction of sp³-hybridized carbons (Fsp3) is 0.0952. The van der Waals surface area contributed by atoms with Gasteiger partial charge in [-0.25, -0.2) is 0 Å². The number of nitrogens with zero attached hydrogens (tertiary/aromatic N) is 3. The van der Waals surface area contributed by atoms with E-state index in [1.807, 2.05) is 54.7 Å². The Morgan fingerprint density at radius 2 is 1.58 bits per heavy atom. The highest BCUT2D eigenvalue weighted by molar-refractivity contribution is 5.99. The number of rotatable bonds is 5. The Labute approximate surface area is 159 Å². The highest BCUT2D eigenvalue weighted by Gasteiger charge is 2.14. The molecule has 2 aromatic carbocycles. The maximum atomic E-state index is 9.03. The topological polar surface area (TPSA) is 61.1 Å². The van der Waals surface area contributed by atoms with E-state index in [9.17, 15) is 0 Å². The van der Waals surface area contributed by atoms with Crippen LogP contribution in [0, 0.1) is 11.5 Å². The van der Waals surface area contributed by atoms with Gasteiger partial charge in [-0.2, -0.15) is 5.26 Å². The maximum Gasteiger partial charge on any atom is 0.182 e. The lowest BCUT2D eigenvalue weighted by Crippen LogP contribution is -2.21. The van der Waals surface area contributed by atoms with Gasteiger partial charge in [0.1, 0.15) is 5.84 Å². The van der Waals surface area contributed by atoms with Crippen molar-refractivity contribution < 1.29 is 0 Å². The van der Waals surface area contributed by atoms with Crippen LogP contribution in [-0.2, 0) is 0 Å². The van der Waals surface area contributed by atoms with Gasteiger partial charge in [0.2, 0.25) is 0 Å². The minimum Gasteiger partial charge on any atom is -0.277 e. The van der Waals surface area contributed by atoms with E-state index in [-0.39, 0.29) is 18.3 Å². The van der Waals surface area contributed by atoms with E-state index in [0.29, 0.717) is 12.4 Å². The molecule has 1 aromatic heterocycles. The van der Waals surface area contributed by atoms with Gasteiger partial charge < -0.3 is 0 Å². The molecule has 0 amide bonds. The molecule has 1 N–H and O–H groups in total. The lowest BCUT2D eigenvalue weighted by Gasteiger charge is -2.16. The maximum absolute atomic E-state index is 9.03. The van der Waals surface area contributed by atoms with Gasteiger partial charge in [0, 0.05) is 23.9 Å². The first-order chi connectivity index (χ1) is 12.4. The quantitative estimate of drug-likeness (QED) is 0.321. The van der Waals surface area contributed by atoms with Crippen LogP contribution in [0.15, 0.2) is 90.2 Å². The average Bonchev–Trinajstić information content (AvgIpc) is 2.70. The Morgan fingerprint density at radius 1 is 0.962 bits per heavy atom. The van der Waals surface area contributed by atoms with Gasteiger partial charge in [-0.1, -0.05) is 60.7 Å². The normalized spacial score (nSPS) is 10.7. The minimum atomic E-state index is 0. The van der Waals surface area contributed by atoms with E-state index < -0.39 is 0 Å². The van der Waals surface area contributed by atoms with Crippen LogP contribution >= 0.6 is 12.4 Å². The molecule has 26 heavy (non-hydrogen) atoms. The SMILES string of the molecule is Cl.N#CN/C(=N\CC(c1ccccc1)c1ccccc1)c1cccnc1. The summed E-state index contributed by atoms with van der Waals surface area (Å²) in [5, 5.41) is 11.7. The highest BCUT2D eigenvalue weighted by Crippen LogP contribution is 2.25. The number of nitrogens with one attached hydrogen (secondary N) is 1. The van der Waals surface area contributed by atoms with Gasteiger partial charge in [-0.05, 0) is 23.3 Å². The molecule has 0 unspecified atom stereocenters. The van der Waals surface area contributed by atoms with E-state index in [0.717, 1.165) is 5.56 Å². The van der Waals surface area contributed by atoms with Crippen LogP contribution in [0.25, 0.3) is 0 Å². The van der Waals surface area contributed by atoms with Gasteiger partial charge in [-0.15, -0.1) is 12.4 Å². The van der Waals surface area contributed by atoms with Gasteiger partial charge in [0.15, 0.2) is 6.19 Å². The summed E-state index contributed by atoms with van der Waals surface area (Å²) in [5.74, 6) is 0.655. The summed E-state index contributed by atoms with van der Waals surface area (Å²) in [6.07, 6.45) is 5.36. The number of aromatic nitrogens is 1. The summed E-state index contributed by atoms with van der Waals surface area (Å²) in [5.41, 5.74) is 3.18. The molecule has 0 bridgehead atoms. The molecule has 0 saturated heterocycles. The zero-order valence-corrected chi connectivity index (χ0v) is 14.9. The number of nitriles is 1. The number of halogens is 1. The molecule has 0 fully saturated rings. The second-order valence-corrected chi connectivity index (χ2v) is 5.54. The van der Waals surface area contributed by atoms with Crippen LogP contribution < -0.4 is 5.32 Å². The number of pyridine rings is 1. The molecule has 0 saturated carbocycles. The molecular weight excluding hydrogens is 344 g/mol. The summed E-state index contributed by atoms with van der Waals surface area (Å²) in [7, 11) is 0. The molecule has 0 aliphatic rings. The summed E-state index contributed by atoms with van der Waals surface area (Å²) < 4.78 is 0. The second kappa shape index (κ2) is 9.97. The van der Waals surface area contributed by atoms with Crippen molar-refractivity contribution in [2.75, 3.05) is 6.54 Å². The molecular formula is C21H19ClN4. The van der Waals surface area contributed by atoms with Crippen LogP contribution in [-0.4, -0.2) is 17.4 Å². The Bertz CT molecular complexity index is 819. The molecule has 3 rings (SSSR count). The largest absolute Gasteiger partial charge is 0.277 e. The van der Waals surface area contributed by atoms with E-state index >= 15 is 0 Å². The predicted octanol–water partition coefficient (Wildman–Crippen LogP) is 4.15. The zero-order valence-electron chi connectivity index (χ0n) is 14.1. The van der Waals surface area contributed by atoms with E-state index in [4.69, 9.17) is 5.26 Å². The molecule has 130 valence electrons. The molecule has 0 spiro atoms. The minimum absolute atomic E-state index is 0. The van der Waals surface area contributed by atoms with Crippen LogP contribution in [0.3, 0.4) is 0 Å². The third kappa shape index (κ3) is 4.92. The Balaban J connectivity index is 0.00000243. The molecule has 0 aliphatic heterocycles. The molecule has 4 nitrogen and oxygen atoms in total. The van der Waals surface area contributed by atoms with E-state index in [1.165, 1.54) is 11.1 Å².